The first kappa shape index (κ1) is 12.8. The van der Waals surface area contributed by atoms with Gasteiger partial charge in [-0.3, -0.25) is 4.79 Å². The smallest absolute Gasteiger partial charge is 0.336 e. The van der Waals surface area contributed by atoms with Crippen molar-refractivity contribution in [2.45, 2.75) is 6.92 Å². The lowest BCUT2D eigenvalue weighted by Crippen LogP contribution is -2.10. The molecule has 2 aromatic rings. The number of benzene rings is 2. The van der Waals surface area contributed by atoms with E-state index in [4.69, 9.17) is 5.11 Å². The van der Waals surface area contributed by atoms with E-state index in [0.717, 1.165) is 0 Å². The first-order valence-electron chi connectivity index (χ1n) is 5.67. The van der Waals surface area contributed by atoms with Crippen molar-refractivity contribution in [3.63, 3.8) is 0 Å². The highest BCUT2D eigenvalue weighted by molar-refractivity contribution is 6.14. The van der Waals surface area contributed by atoms with Gasteiger partial charge in [0.05, 0.1) is 5.56 Å². The number of carbonyl (C=O) groups is 2. The summed E-state index contributed by atoms with van der Waals surface area (Å²) in [4.78, 5) is 23.5. The summed E-state index contributed by atoms with van der Waals surface area (Å²) in [5.41, 5.74) is 1.10. The van der Waals surface area contributed by atoms with Gasteiger partial charge in [-0.25, -0.2) is 4.79 Å². The summed E-state index contributed by atoms with van der Waals surface area (Å²) in [6.45, 7) is 1.69. The second-order valence-corrected chi connectivity index (χ2v) is 4.18. The number of hydrogen-bond donors (Lipinski definition) is 2. The molecule has 4 nitrogen and oxygen atoms in total. The fourth-order valence-corrected chi connectivity index (χ4v) is 1.92. The number of carboxylic acids is 1. The van der Waals surface area contributed by atoms with Gasteiger partial charge >= 0.3 is 5.97 Å². The van der Waals surface area contributed by atoms with E-state index in [2.05, 4.69) is 0 Å². The zero-order valence-electron chi connectivity index (χ0n) is 10.3. The number of ketones is 1. The van der Waals surface area contributed by atoms with Crippen molar-refractivity contribution in [1.29, 1.82) is 0 Å². The highest BCUT2D eigenvalue weighted by Crippen LogP contribution is 2.20. The van der Waals surface area contributed by atoms with Gasteiger partial charge in [0.2, 0.25) is 0 Å². The van der Waals surface area contributed by atoms with Crippen LogP contribution in [-0.2, 0) is 0 Å². The minimum absolute atomic E-state index is 0.0278. The summed E-state index contributed by atoms with van der Waals surface area (Å²) >= 11 is 0. The van der Waals surface area contributed by atoms with Crippen molar-refractivity contribution in [3.05, 3.63) is 64.7 Å². The van der Waals surface area contributed by atoms with Gasteiger partial charge in [-0.05, 0) is 36.8 Å². The topological polar surface area (TPSA) is 74.6 Å². The summed E-state index contributed by atoms with van der Waals surface area (Å²) in [6, 6.07) is 10.4. The lowest BCUT2D eigenvalue weighted by atomic mass is 9.95. The largest absolute Gasteiger partial charge is 0.508 e. The number of phenols is 1. The third-order valence-corrected chi connectivity index (χ3v) is 2.86. The lowest BCUT2D eigenvalue weighted by molar-refractivity contribution is 0.0692. The quantitative estimate of drug-likeness (QED) is 0.828. The van der Waals surface area contributed by atoms with Gasteiger partial charge < -0.3 is 10.2 Å². The molecule has 0 aliphatic heterocycles. The molecule has 0 radical (unpaired) electrons. The third kappa shape index (κ3) is 2.47. The van der Waals surface area contributed by atoms with E-state index in [-0.39, 0.29) is 22.7 Å². The molecular formula is C15H12O4. The molecular weight excluding hydrogens is 244 g/mol. The first-order valence-corrected chi connectivity index (χ1v) is 5.67. The molecule has 0 aliphatic carbocycles. The van der Waals surface area contributed by atoms with Crippen LogP contribution in [0.3, 0.4) is 0 Å². The Hall–Kier alpha value is -2.62. The number of hydrogen-bond acceptors (Lipinski definition) is 3. The fourth-order valence-electron chi connectivity index (χ4n) is 1.92. The Morgan fingerprint density at radius 2 is 1.58 bits per heavy atom. The summed E-state index contributed by atoms with van der Waals surface area (Å²) < 4.78 is 0. The maximum Gasteiger partial charge on any atom is 0.336 e. The average molecular weight is 256 g/mol. The standard InChI is InChI=1S/C15H12O4/c1-9-8-10(16)6-7-11(9)14(17)12-4-2-3-5-13(12)15(18)19/h2-8,16H,1H3,(H,18,19). The molecule has 0 amide bonds. The molecule has 0 saturated carbocycles. The van der Waals surface area contributed by atoms with Crippen LogP contribution in [0.1, 0.15) is 31.8 Å². The van der Waals surface area contributed by atoms with Crippen molar-refractivity contribution in [2.24, 2.45) is 0 Å². The van der Waals surface area contributed by atoms with Crippen LogP contribution in [0.5, 0.6) is 5.75 Å². The second kappa shape index (κ2) is 4.94. The zero-order chi connectivity index (χ0) is 14.0. The van der Waals surface area contributed by atoms with Crippen LogP contribution in [-0.4, -0.2) is 22.0 Å². The third-order valence-electron chi connectivity index (χ3n) is 2.86. The van der Waals surface area contributed by atoms with Gasteiger partial charge in [-0.1, -0.05) is 18.2 Å². The molecule has 2 aromatic carbocycles. The summed E-state index contributed by atoms with van der Waals surface area (Å²) in [5.74, 6) is -1.43. The highest BCUT2D eigenvalue weighted by Gasteiger charge is 2.18. The van der Waals surface area contributed by atoms with Crippen molar-refractivity contribution in [3.8, 4) is 5.75 Å². The molecule has 0 unspecified atom stereocenters. The normalized spacial score (nSPS) is 10.2. The van der Waals surface area contributed by atoms with Crippen LogP contribution >= 0.6 is 0 Å². The Bertz CT molecular complexity index is 659. The summed E-state index contributed by atoms with van der Waals surface area (Å²) in [6.07, 6.45) is 0. The summed E-state index contributed by atoms with van der Waals surface area (Å²) in [7, 11) is 0. The van der Waals surface area contributed by atoms with Gasteiger partial charge in [0.25, 0.3) is 0 Å². The molecule has 4 heteroatoms. The average Bonchev–Trinajstić information content (AvgIpc) is 2.38. The van der Waals surface area contributed by atoms with Gasteiger partial charge in [-0.2, -0.15) is 0 Å². The van der Waals surface area contributed by atoms with E-state index in [1.807, 2.05) is 0 Å². The van der Waals surface area contributed by atoms with E-state index in [0.29, 0.717) is 11.1 Å². The molecule has 0 aromatic heterocycles. The molecule has 0 spiro atoms. The molecule has 0 aliphatic rings. The molecule has 0 bridgehead atoms. The highest BCUT2D eigenvalue weighted by atomic mass is 16.4. The van der Waals surface area contributed by atoms with E-state index in [1.54, 1.807) is 19.1 Å². The van der Waals surface area contributed by atoms with Gasteiger partial charge in [0.15, 0.2) is 5.78 Å². The van der Waals surface area contributed by atoms with Crippen LogP contribution in [0.25, 0.3) is 0 Å². The summed E-state index contributed by atoms with van der Waals surface area (Å²) in [5, 5.41) is 18.4. The maximum atomic E-state index is 12.4. The number of carbonyl (C=O) groups excluding carboxylic acids is 1. The van der Waals surface area contributed by atoms with Crippen LogP contribution in [0, 0.1) is 6.92 Å². The molecule has 2 N–H and O–H groups in total. The molecule has 2 rings (SSSR count). The van der Waals surface area contributed by atoms with E-state index in [9.17, 15) is 14.7 Å². The Morgan fingerprint density at radius 3 is 2.16 bits per heavy atom. The number of rotatable bonds is 3. The van der Waals surface area contributed by atoms with E-state index >= 15 is 0 Å². The van der Waals surface area contributed by atoms with E-state index < -0.39 is 5.97 Å². The molecule has 96 valence electrons. The van der Waals surface area contributed by atoms with Crippen molar-refractivity contribution in [2.75, 3.05) is 0 Å². The van der Waals surface area contributed by atoms with Crippen molar-refractivity contribution in [1.82, 2.24) is 0 Å². The first-order chi connectivity index (χ1) is 9.00. The molecule has 19 heavy (non-hydrogen) atoms. The Labute approximate surface area is 109 Å². The number of carboxylic acid groups (broad SMARTS) is 1. The Kier molecular flexibility index (Phi) is 3.33. The molecule has 0 heterocycles. The van der Waals surface area contributed by atoms with Crippen LogP contribution in [0.2, 0.25) is 0 Å². The minimum Gasteiger partial charge on any atom is -0.508 e. The molecule has 0 fully saturated rings. The van der Waals surface area contributed by atoms with Crippen molar-refractivity contribution < 1.29 is 19.8 Å². The van der Waals surface area contributed by atoms with E-state index in [1.165, 1.54) is 30.3 Å². The number of aryl methyl sites for hydroxylation is 1. The lowest BCUT2D eigenvalue weighted by Gasteiger charge is -2.08. The number of aromatic carboxylic acids is 1. The van der Waals surface area contributed by atoms with Crippen molar-refractivity contribution >= 4 is 11.8 Å². The second-order valence-electron chi connectivity index (χ2n) is 4.18. The van der Waals surface area contributed by atoms with Crippen LogP contribution in [0.15, 0.2) is 42.5 Å². The molecule has 0 atom stereocenters. The van der Waals surface area contributed by atoms with Gasteiger partial charge in [0, 0.05) is 11.1 Å². The zero-order valence-corrected chi connectivity index (χ0v) is 10.3. The Balaban J connectivity index is 2.53. The van der Waals surface area contributed by atoms with Gasteiger partial charge in [-0.15, -0.1) is 0 Å². The predicted molar refractivity (Wildman–Crippen MR) is 69.7 cm³/mol. The minimum atomic E-state index is -1.14. The van der Waals surface area contributed by atoms with Gasteiger partial charge in [0.1, 0.15) is 5.75 Å². The van der Waals surface area contributed by atoms with Crippen LogP contribution in [0.4, 0.5) is 0 Å². The monoisotopic (exact) mass is 256 g/mol. The Morgan fingerprint density at radius 1 is 0.947 bits per heavy atom. The maximum absolute atomic E-state index is 12.4. The SMILES string of the molecule is Cc1cc(O)ccc1C(=O)c1ccccc1C(=O)O. The fraction of sp³-hybridized carbons (Fsp3) is 0.0667. The van der Waals surface area contributed by atoms with Crippen LogP contribution < -0.4 is 0 Å². The number of aromatic hydroxyl groups is 1. The number of phenolic OH excluding ortho intramolecular Hbond substituents is 1. The predicted octanol–water partition coefficient (Wildman–Crippen LogP) is 2.63. The molecule has 0 saturated heterocycles.